The Morgan fingerprint density at radius 1 is 1.40 bits per heavy atom. The molecule has 0 aromatic rings. The molecule has 1 heterocycles. The molecule has 1 aliphatic heterocycles. The lowest BCUT2D eigenvalue weighted by molar-refractivity contribution is 0.138. The molecular formula is C13H28N2. The van der Waals surface area contributed by atoms with Gasteiger partial charge < -0.3 is 10.6 Å². The second-order valence-electron chi connectivity index (χ2n) is 5.56. The van der Waals surface area contributed by atoms with Gasteiger partial charge in [0.15, 0.2) is 0 Å². The van der Waals surface area contributed by atoms with Crippen molar-refractivity contribution in [1.29, 1.82) is 0 Å². The molecule has 0 aliphatic carbocycles. The molecule has 0 aromatic carbocycles. The number of nitrogens with two attached hydrogens (primary N) is 1. The van der Waals surface area contributed by atoms with Crippen molar-refractivity contribution < 1.29 is 0 Å². The van der Waals surface area contributed by atoms with Gasteiger partial charge in [-0.05, 0) is 38.6 Å². The maximum atomic E-state index is 6.30. The van der Waals surface area contributed by atoms with E-state index in [-0.39, 0.29) is 5.54 Å². The number of hydrogen-bond acceptors (Lipinski definition) is 2. The van der Waals surface area contributed by atoms with Gasteiger partial charge >= 0.3 is 0 Å². The Balaban J connectivity index is 2.36. The van der Waals surface area contributed by atoms with Gasteiger partial charge in [-0.25, -0.2) is 0 Å². The first-order chi connectivity index (χ1) is 7.07. The van der Waals surface area contributed by atoms with Gasteiger partial charge in [0.2, 0.25) is 0 Å². The van der Waals surface area contributed by atoms with Gasteiger partial charge in [0.25, 0.3) is 0 Å². The molecule has 2 nitrogen and oxygen atoms in total. The molecule has 0 spiro atoms. The van der Waals surface area contributed by atoms with Crippen molar-refractivity contribution in [3.8, 4) is 0 Å². The monoisotopic (exact) mass is 212 g/mol. The summed E-state index contributed by atoms with van der Waals surface area (Å²) in [6, 6.07) is 0. The molecule has 1 rings (SSSR count). The Labute approximate surface area is 95.2 Å². The van der Waals surface area contributed by atoms with Crippen LogP contribution in [0, 0.1) is 5.92 Å². The van der Waals surface area contributed by atoms with E-state index >= 15 is 0 Å². The van der Waals surface area contributed by atoms with E-state index in [1.165, 1.54) is 38.8 Å². The van der Waals surface area contributed by atoms with E-state index in [0.29, 0.717) is 0 Å². The van der Waals surface area contributed by atoms with Gasteiger partial charge in [-0.1, -0.05) is 26.7 Å². The molecular weight excluding hydrogens is 184 g/mol. The molecule has 2 heteroatoms. The van der Waals surface area contributed by atoms with Crippen molar-refractivity contribution in [2.24, 2.45) is 11.7 Å². The van der Waals surface area contributed by atoms with E-state index in [4.69, 9.17) is 5.73 Å². The average Bonchev–Trinajstić information content (AvgIpc) is 2.17. The summed E-state index contributed by atoms with van der Waals surface area (Å²) >= 11 is 0. The van der Waals surface area contributed by atoms with E-state index in [1.54, 1.807) is 0 Å². The topological polar surface area (TPSA) is 29.3 Å². The summed E-state index contributed by atoms with van der Waals surface area (Å²) in [7, 11) is 0. The van der Waals surface area contributed by atoms with Crippen LogP contribution in [0.3, 0.4) is 0 Å². The minimum Gasteiger partial charge on any atom is -0.324 e. The van der Waals surface area contributed by atoms with Gasteiger partial charge in [-0.3, -0.25) is 0 Å². The maximum Gasteiger partial charge on any atom is 0.0254 e. The lowest BCUT2D eigenvalue weighted by atomic mass is 9.92. The Hall–Kier alpha value is -0.0800. The van der Waals surface area contributed by atoms with Crippen molar-refractivity contribution in [1.82, 2.24) is 4.90 Å². The number of piperidine rings is 1. The molecule has 0 radical (unpaired) electrons. The van der Waals surface area contributed by atoms with Crippen LogP contribution < -0.4 is 5.73 Å². The zero-order chi connectivity index (χ0) is 11.3. The van der Waals surface area contributed by atoms with Crippen LogP contribution in [0.1, 0.15) is 52.9 Å². The molecule has 1 saturated heterocycles. The zero-order valence-electron chi connectivity index (χ0n) is 10.8. The first-order valence-corrected chi connectivity index (χ1v) is 6.58. The summed E-state index contributed by atoms with van der Waals surface area (Å²) in [5, 5.41) is 0. The Morgan fingerprint density at radius 2 is 2.13 bits per heavy atom. The quantitative estimate of drug-likeness (QED) is 0.759. The fourth-order valence-corrected chi connectivity index (χ4v) is 2.79. The van der Waals surface area contributed by atoms with Crippen LogP contribution in [-0.4, -0.2) is 30.1 Å². The van der Waals surface area contributed by atoms with Gasteiger partial charge in [0, 0.05) is 18.6 Å². The molecule has 0 saturated carbocycles. The van der Waals surface area contributed by atoms with Gasteiger partial charge in [-0.15, -0.1) is 0 Å². The van der Waals surface area contributed by atoms with Crippen LogP contribution in [-0.2, 0) is 0 Å². The third kappa shape index (κ3) is 4.52. The lowest BCUT2D eigenvalue weighted by Gasteiger charge is -2.37. The minimum absolute atomic E-state index is 0.0182. The molecule has 0 bridgehead atoms. The summed E-state index contributed by atoms with van der Waals surface area (Å²) in [5.74, 6) is 0.913. The molecule has 1 fully saturated rings. The Bertz CT molecular complexity index is 177. The van der Waals surface area contributed by atoms with E-state index in [1.807, 2.05) is 0 Å². The first kappa shape index (κ1) is 13.0. The minimum atomic E-state index is 0.0182. The third-order valence-corrected chi connectivity index (χ3v) is 3.59. The third-order valence-electron chi connectivity index (χ3n) is 3.59. The SMILES string of the molecule is CCCC(C)(N)CN1CCCC(CC)C1. The van der Waals surface area contributed by atoms with E-state index in [9.17, 15) is 0 Å². The molecule has 0 amide bonds. The first-order valence-electron chi connectivity index (χ1n) is 6.58. The maximum absolute atomic E-state index is 6.30. The highest BCUT2D eigenvalue weighted by Crippen LogP contribution is 2.21. The number of hydrogen-bond donors (Lipinski definition) is 1. The van der Waals surface area contributed by atoms with Crippen LogP contribution in [0.2, 0.25) is 0 Å². The van der Waals surface area contributed by atoms with E-state index in [0.717, 1.165) is 18.9 Å². The summed E-state index contributed by atoms with van der Waals surface area (Å²) in [4.78, 5) is 2.58. The van der Waals surface area contributed by atoms with Crippen molar-refractivity contribution in [3.63, 3.8) is 0 Å². The van der Waals surface area contributed by atoms with Gasteiger partial charge in [-0.2, -0.15) is 0 Å². The summed E-state index contributed by atoms with van der Waals surface area (Å²) in [6.07, 6.45) is 6.44. The van der Waals surface area contributed by atoms with Gasteiger partial charge in [0.05, 0.1) is 0 Å². The molecule has 2 unspecified atom stereocenters. The van der Waals surface area contributed by atoms with Crippen LogP contribution >= 0.6 is 0 Å². The fourth-order valence-electron chi connectivity index (χ4n) is 2.79. The fraction of sp³-hybridized carbons (Fsp3) is 1.00. The number of nitrogens with zero attached hydrogens (tertiary/aromatic N) is 1. The smallest absolute Gasteiger partial charge is 0.0254 e. The van der Waals surface area contributed by atoms with E-state index < -0.39 is 0 Å². The summed E-state index contributed by atoms with van der Waals surface area (Å²) in [5.41, 5.74) is 6.32. The average molecular weight is 212 g/mol. The summed E-state index contributed by atoms with van der Waals surface area (Å²) < 4.78 is 0. The predicted octanol–water partition coefficient (Wildman–Crippen LogP) is 2.63. The lowest BCUT2D eigenvalue weighted by Crippen LogP contribution is -2.50. The zero-order valence-corrected chi connectivity index (χ0v) is 10.8. The molecule has 0 aromatic heterocycles. The van der Waals surface area contributed by atoms with Crippen LogP contribution in [0.25, 0.3) is 0 Å². The normalized spacial score (nSPS) is 27.6. The molecule has 15 heavy (non-hydrogen) atoms. The van der Waals surface area contributed by atoms with Crippen molar-refractivity contribution in [2.45, 2.75) is 58.4 Å². The van der Waals surface area contributed by atoms with E-state index in [2.05, 4.69) is 25.7 Å². The molecule has 90 valence electrons. The second kappa shape index (κ2) is 5.86. The molecule has 1 aliphatic rings. The highest BCUT2D eigenvalue weighted by molar-refractivity contribution is 4.84. The Morgan fingerprint density at radius 3 is 2.73 bits per heavy atom. The molecule has 2 N–H and O–H groups in total. The highest BCUT2D eigenvalue weighted by Gasteiger charge is 2.25. The standard InChI is InChI=1S/C13H28N2/c1-4-8-13(3,14)11-15-9-6-7-12(5-2)10-15/h12H,4-11,14H2,1-3H3. The van der Waals surface area contributed by atoms with Crippen molar-refractivity contribution in [3.05, 3.63) is 0 Å². The van der Waals surface area contributed by atoms with Crippen molar-refractivity contribution >= 4 is 0 Å². The number of rotatable bonds is 5. The summed E-state index contributed by atoms with van der Waals surface area (Å²) in [6.45, 7) is 10.3. The van der Waals surface area contributed by atoms with Gasteiger partial charge in [0.1, 0.15) is 0 Å². The largest absolute Gasteiger partial charge is 0.324 e. The number of likely N-dealkylation sites (tertiary alicyclic amines) is 1. The Kier molecular flexibility index (Phi) is 5.07. The van der Waals surface area contributed by atoms with Crippen LogP contribution in [0.4, 0.5) is 0 Å². The predicted molar refractivity (Wildman–Crippen MR) is 67.0 cm³/mol. The van der Waals surface area contributed by atoms with Crippen molar-refractivity contribution in [2.75, 3.05) is 19.6 Å². The second-order valence-corrected chi connectivity index (χ2v) is 5.56. The molecule has 2 atom stereocenters. The van der Waals surface area contributed by atoms with Crippen LogP contribution in [0.15, 0.2) is 0 Å². The highest BCUT2D eigenvalue weighted by atomic mass is 15.2. The van der Waals surface area contributed by atoms with Crippen LogP contribution in [0.5, 0.6) is 0 Å².